The Morgan fingerprint density at radius 3 is 1.37 bits per heavy atom. The van der Waals surface area contributed by atoms with Crippen molar-refractivity contribution in [2.45, 2.75) is 0 Å². The van der Waals surface area contributed by atoms with Crippen LogP contribution in [0.2, 0.25) is 0 Å². The molecule has 0 aliphatic heterocycles. The normalized spacial score (nSPS) is 10.5. The molecule has 10 nitrogen and oxygen atoms in total. The second-order valence-corrected chi connectivity index (χ2v) is 6.23. The summed E-state index contributed by atoms with van der Waals surface area (Å²) in [6.45, 7) is 0. The molecule has 150 valence electrons. The number of nitrogens with one attached hydrogen (secondary N) is 4. The number of aromatic nitrogens is 4. The van der Waals surface area contributed by atoms with Crippen LogP contribution in [0.1, 0.15) is 20.7 Å². The lowest BCUT2D eigenvalue weighted by Crippen LogP contribution is -2.44. The van der Waals surface area contributed by atoms with Crippen LogP contribution in [0, 0.1) is 0 Å². The summed E-state index contributed by atoms with van der Waals surface area (Å²) < 4.78 is 2.39. The van der Waals surface area contributed by atoms with Gasteiger partial charge in [0.15, 0.2) is 0 Å². The fraction of sp³-hybridized carbons (Fsp3) is 0. The van der Waals surface area contributed by atoms with Gasteiger partial charge >= 0.3 is 0 Å². The second-order valence-electron chi connectivity index (χ2n) is 6.23. The highest BCUT2D eigenvalue weighted by molar-refractivity contribution is 5.98. The SMILES string of the molecule is O=C(NNC(=O)c1c[nH]n(-c2ccccc2)c1=O)c1c[nH]n(-c2ccccc2)c1=O. The zero-order valence-corrected chi connectivity index (χ0v) is 15.5. The molecule has 0 unspecified atom stereocenters. The topological polar surface area (TPSA) is 134 Å². The van der Waals surface area contributed by atoms with Crippen molar-refractivity contribution in [3.8, 4) is 11.4 Å². The first-order valence-corrected chi connectivity index (χ1v) is 8.88. The lowest BCUT2D eigenvalue weighted by molar-refractivity contribution is 0.0845. The smallest absolute Gasteiger partial charge is 0.284 e. The molecular weight excluding hydrogens is 388 g/mol. The Bertz CT molecular complexity index is 1210. The van der Waals surface area contributed by atoms with Crippen molar-refractivity contribution < 1.29 is 9.59 Å². The van der Waals surface area contributed by atoms with Gasteiger partial charge in [-0.1, -0.05) is 36.4 Å². The fourth-order valence-corrected chi connectivity index (χ4v) is 2.85. The number of aromatic amines is 2. The van der Waals surface area contributed by atoms with Gasteiger partial charge in [0.25, 0.3) is 22.9 Å². The molecule has 0 fully saturated rings. The Balaban J connectivity index is 1.47. The summed E-state index contributed by atoms with van der Waals surface area (Å²) in [5.41, 5.74) is 3.84. The van der Waals surface area contributed by atoms with E-state index in [1.54, 1.807) is 60.7 Å². The molecule has 0 saturated heterocycles. The monoisotopic (exact) mass is 404 g/mol. The van der Waals surface area contributed by atoms with Crippen LogP contribution in [0.4, 0.5) is 0 Å². The number of carbonyl (C=O) groups is 2. The molecule has 0 saturated carbocycles. The maximum atomic E-state index is 12.4. The van der Waals surface area contributed by atoms with Crippen molar-refractivity contribution in [3.05, 3.63) is 105 Å². The lowest BCUT2D eigenvalue weighted by atomic mass is 10.3. The highest BCUT2D eigenvalue weighted by atomic mass is 16.2. The zero-order chi connectivity index (χ0) is 21.1. The number of rotatable bonds is 4. The molecule has 0 radical (unpaired) electrons. The average Bonchev–Trinajstić information content (AvgIpc) is 3.36. The van der Waals surface area contributed by atoms with Crippen LogP contribution in [0.3, 0.4) is 0 Å². The highest BCUT2D eigenvalue weighted by Gasteiger charge is 2.19. The van der Waals surface area contributed by atoms with E-state index in [4.69, 9.17) is 0 Å². The molecule has 10 heteroatoms. The zero-order valence-electron chi connectivity index (χ0n) is 15.5. The van der Waals surface area contributed by atoms with Gasteiger partial charge in [0.1, 0.15) is 11.1 Å². The molecule has 4 rings (SSSR count). The molecule has 0 aliphatic rings. The van der Waals surface area contributed by atoms with E-state index in [1.807, 2.05) is 0 Å². The Morgan fingerprint density at radius 2 is 1.00 bits per heavy atom. The van der Waals surface area contributed by atoms with Crippen molar-refractivity contribution in [2.24, 2.45) is 0 Å². The minimum absolute atomic E-state index is 0.199. The van der Waals surface area contributed by atoms with Crippen LogP contribution in [0.5, 0.6) is 0 Å². The molecule has 4 N–H and O–H groups in total. The first-order chi connectivity index (χ1) is 14.6. The van der Waals surface area contributed by atoms with Crippen LogP contribution in [-0.4, -0.2) is 31.4 Å². The van der Waals surface area contributed by atoms with E-state index in [-0.39, 0.29) is 11.1 Å². The molecule has 2 heterocycles. The average molecular weight is 404 g/mol. The minimum atomic E-state index is -0.821. The second kappa shape index (κ2) is 7.80. The molecule has 2 aromatic carbocycles. The largest absolute Gasteiger partial charge is 0.297 e. The lowest BCUT2D eigenvalue weighted by Gasteiger charge is -2.04. The number of hydrazine groups is 1. The molecule has 4 aromatic rings. The van der Waals surface area contributed by atoms with Crippen LogP contribution < -0.4 is 22.0 Å². The third-order valence-corrected chi connectivity index (χ3v) is 4.35. The van der Waals surface area contributed by atoms with Gasteiger partial charge in [0.05, 0.1) is 11.4 Å². The van der Waals surface area contributed by atoms with Crippen molar-refractivity contribution >= 4 is 11.8 Å². The van der Waals surface area contributed by atoms with Crippen LogP contribution in [0.25, 0.3) is 11.4 Å². The summed E-state index contributed by atoms with van der Waals surface area (Å²) in [5, 5.41) is 5.39. The number of benzene rings is 2. The van der Waals surface area contributed by atoms with Crippen molar-refractivity contribution in [1.29, 1.82) is 0 Å². The van der Waals surface area contributed by atoms with E-state index in [0.29, 0.717) is 11.4 Å². The summed E-state index contributed by atoms with van der Waals surface area (Å²) >= 11 is 0. The fourth-order valence-electron chi connectivity index (χ4n) is 2.85. The Hall–Kier alpha value is -4.60. The van der Waals surface area contributed by atoms with Gasteiger partial charge in [-0.15, -0.1) is 0 Å². The van der Waals surface area contributed by atoms with Gasteiger partial charge in [-0.2, -0.15) is 0 Å². The Morgan fingerprint density at radius 1 is 0.633 bits per heavy atom. The standard InChI is InChI=1S/C20H16N6O4/c27-17(15-11-21-25(19(15)29)13-7-3-1-4-8-13)23-24-18(28)16-12-22-26(20(16)30)14-9-5-2-6-10-14/h1-12,21-22H,(H,23,27)(H,24,28). The van der Waals surface area contributed by atoms with Crippen molar-refractivity contribution in [3.63, 3.8) is 0 Å². The predicted molar refractivity (Wildman–Crippen MR) is 108 cm³/mol. The maximum absolute atomic E-state index is 12.4. The van der Waals surface area contributed by atoms with E-state index in [1.165, 1.54) is 21.8 Å². The van der Waals surface area contributed by atoms with Crippen molar-refractivity contribution in [2.75, 3.05) is 0 Å². The number of hydrogen-bond acceptors (Lipinski definition) is 4. The van der Waals surface area contributed by atoms with Gasteiger partial charge in [0, 0.05) is 12.4 Å². The Labute approximate surface area is 168 Å². The van der Waals surface area contributed by atoms with Gasteiger partial charge in [-0.05, 0) is 24.3 Å². The third-order valence-electron chi connectivity index (χ3n) is 4.35. The van der Waals surface area contributed by atoms with E-state index in [9.17, 15) is 19.2 Å². The number of para-hydroxylation sites is 2. The van der Waals surface area contributed by atoms with Gasteiger partial charge in [-0.25, -0.2) is 9.36 Å². The number of hydrogen-bond donors (Lipinski definition) is 4. The van der Waals surface area contributed by atoms with Gasteiger partial charge in [0.2, 0.25) is 0 Å². The molecule has 2 amide bonds. The summed E-state index contributed by atoms with van der Waals surface area (Å²) in [6.07, 6.45) is 2.46. The summed E-state index contributed by atoms with van der Waals surface area (Å²) in [5.74, 6) is -1.64. The van der Waals surface area contributed by atoms with E-state index in [2.05, 4.69) is 21.0 Å². The quantitative estimate of drug-likeness (QED) is 0.373. The highest BCUT2D eigenvalue weighted by Crippen LogP contribution is 2.04. The minimum Gasteiger partial charge on any atom is -0.297 e. The molecule has 0 aliphatic carbocycles. The Kier molecular flexibility index (Phi) is 4.87. The molecular formula is C20H16N6O4. The number of carbonyl (C=O) groups excluding carboxylic acids is 2. The first kappa shape index (κ1) is 18.7. The van der Waals surface area contributed by atoms with Gasteiger partial charge < -0.3 is 0 Å². The van der Waals surface area contributed by atoms with Crippen LogP contribution in [0.15, 0.2) is 82.6 Å². The maximum Gasteiger partial charge on any atom is 0.284 e. The molecule has 0 atom stereocenters. The van der Waals surface area contributed by atoms with Crippen molar-refractivity contribution in [1.82, 2.24) is 30.4 Å². The predicted octanol–water partition coefficient (Wildman–Crippen LogP) is 0.719. The number of H-pyrrole nitrogens is 2. The third kappa shape index (κ3) is 3.44. The van der Waals surface area contributed by atoms with E-state index in [0.717, 1.165) is 0 Å². The first-order valence-electron chi connectivity index (χ1n) is 8.88. The summed E-state index contributed by atoms with van der Waals surface area (Å²) in [6, 6.07) is 17.4. The number of nitrogens with zero attached hydrogens (tertiary/aromatic N) is 2. The van der Waals surface area contributed by atoms with E-state index >= 15 is 0 Å². The summed E-state index contributed by atoms with van der Waals surface area (Å²) in [7, 11) is 0. The number of amides is 2. The molecule has 0 bridgehead atoms. The molecule has 0 spiro atoms. The van der Waals surface area contributed by atoms with Crippen LogP contribution in [-0.2, 0) is 0 Å². The molecule has 30 heavy (non-hydrogen) atoms. The summed E-state index contributed by atoms with van der Waals surface area (Å²) in [4.78, 5) is 49.5. The van der Waals surface area contributed by atoms with E-state index < -0.39 is 22.9 Å². The van der Waals surface area contributed by atoms with Crippen LogP contribution >= 0.6 is 0 Å². The molecule has 2 aromatic heterocycles. The van der Waals surface area contributed by atoms with Gasteiger partial charge in [-0.3, -0.25) is 40.2 Å².